The van der Waals surface area contributed by atoms with Gasteiger partial charge in [-0.05, 0) is 50.6 Å². The zero-order chi connectivity index (χ0) is 36.8. The quantitative estimate of drug-likeness (QED) is 0.179. The summed E-state index contributed by atoms with van der Waals surface area (Å²) in [6, 6.07) is -0.877. The van der Waals surface area contributed by atoms with Crippen molar-refractivity contribution >= 4 is 23.4 Å². The van der Waals surface area contributed by atoms with Crippen LogP contribution in [-0.2, 0) is 33.4 Å². The van der Waals surface area contributed by atoms with E-state index in [1.165, 1.54) is 0 Å². The minimum atomic E-state index is -0.540. The summed E-state index contributed by atoms with van der Waals surface area (Å²) in [5, 5.41) is 3.12. The zero-order valence-corrected chi connectivity index (χ0v) is 32.7. The molecule has 2 heterocycles. The molecule has 0 aromatic carbocycles. The number of nitrogens with one attached hydrogen (secondary N) is 1. The second-order valence-electron chi connectivity index (χ2n) is 15.1. The Labute approximate surface area is 297 Å². The van der Waals surface area contributed by atoms with Gasteiger partial charge in [0.2, 0.25) is 11.8 Å². The maximum atomic E-state index is 14.2. The number of ether oxygens (including phenoxy) is 3. The normalized spacial score (nSPS) is 21.7. The average Bonchev–Trinajstić information content (AvgIpc) is 3.56. The third-order valence-electron chi connectivity index (χ3n) is 11.2. The molecule has 2 fully saturated rings. The van der Waals surface area contributed by atoms with Crippen molar-refractivity contribution in [3.05, 3.63) is 0 Å². The SMILES string of the molecule is CC[C@H](C)[C@@H]([C@@H](CC(=O)N1CCC[C@H]1[C@H](OC)[C@@H](C)C(=O)CCCN1CCOCC1)OC)N(C)C(=O)[C@@H](CC(=O)[C@@H](NC)C(C)C)C(C)C. The number of likely N-dealkylation sites (tertiary alicyclic amines) is 1. The number of hydrogen-bond donors (Lipinski definition) is 1. The Hall–Kier alpha value is -1.92. The molecular formula is C38H70N4O7. The largest absolute Gasteiger partial charge is 0.379 e. The summed E-state index contributed by atoms with van der Waals surface area (Å²) in [5.41, 5.74) is 0. The maximum absolute atomic E-state index is 14.2. The van der Waals surface area contributed by atoms with Crippen LogP contribution in [-0.4, -0.2) is 136 Å². The number of likely N-dealkylation sites (N-methyl/N-ethyl adjacent to an activating group) is 2. The second kappa shape index (κ2) is 21.4. The molecule has 2 aliphatic heterocycles. The lowest BCUT2D eigenvalue weighted by Crippen LogP contribution is -2.54. The Bertz CT molecular complexity index is 1030. The highest BCUT2D eigenvalue weighted by Gasteiger charge is 2.43. The van der Waals surface area contributed by atoms with E-state index < -0.39 is 18.1 Å². The highest BCUT2D eigenvalue weighted by Crippen LogP contribution is 2.31. The first-order valence-electron chi connectivity index (χ1n) is 18.9. The van der Waals surface area contributed by atoms with Gasteiger partial charge in [0, 0.05) is 65.6 Å². The molecule has 0 unspecified atom stereocenters. The number of amides is 2. The summed E-state index contributed by atoms with van der Waals surface area (Å²) in [7, 11) is 6.81. The van der Waals surface area contributed by atoms with E-state index in [-0.39, 0.29) is 78.0 Å². The first kappa shape index (κ1) is 43.2. The lowest BCUT2D eigenvalue weighted by Gasteiger charge is -2.41. The summed E-state index contributed by atoms with van der Waals surface area (Å²) in [6.07, 6.45) is 3.02. The fraction of sp³-hybridized carbons (Fsp3) is 0.895. The van der Waals surface area contributed by atoms with Gasteiger partial charge >= 0.3 is 0 Å². The molecular weight excluding hydrogens is 624 g/mol. The minimum absolute atomic E-state index is 0.0362. The molecule has 0 bridgehead atoms. The van der Waals surface area contributed by atoms with E-state index in [0.29, 0.717) is 13.0 Å². The summed E-state index contributed by atoms with van der Waals surface area (Å²) >= 11 is 0. The molecule has 11 nitrogen and oxygen atoms in total. The Morgan fingerprint density at radius 1 is 0.918 bits per heavy atom. The molecule has 0 aromatic rings. The summed E-state index contributed by atoms with van der Waals surface area (Å²) in [6.45, 7) is 18.8. The van der Waals surface area contributed by atoms with Gasteiger partial charge in [0.05, 0.1) is 50.0 Å². The number of carbonyl (C=O) groups is 4. The molecule has 0 aromatic heterocycles. The Morgan fingerprint density at radius 2 is 1.57 bits per heavy atom. The van der Waals surface area contributed by atoms with Gasteiger partial charge in [-0.3, -0.25) is 24.1 Å². The summed E-state index contributed by atoms with van der Waals surface area (Å²) in [4.78, 5) is 60.8. The van der Waals surface area contributed by atoms with Crippen LogP contribution in [0.25, 0.3) is 0 Å². The van der Waals surface area contributed by atoms with Gasteiger partial charge in [0.15, 0.2) is 5.78 Å². The molecule has 49 heavy (non-hydrogen) atoms. The van der Waals surface area contributed by atoms with Gasteiger partial charge in [-0.1, -0.05) is 54.9 Å². The van der Waals surface area contributed by atoms with E-state index in [0.717, 1.165) is 58.5 Å². The molecule has 0 aliphatic carbocycles. The van der Waals surface area contributed by atoms with E-state index in [1.807, 2.05) is 39.5 Å². The lowest BCUT2D eigenvalue weighted by molar-refractivity contribution is -0.149. The molecule has 2 saturated heterocycles. The van der Waals surface area contributed by atoms with E-state index in [9.17, 15) is 19.2 Å². The molecule has 2 amide bonds. The minimum Gasteiger partial charge on any atom is -0.379 e. The Balaban J connectivity index is 2.17. The number of carbonyl (C=O) groups excluding carboxylic acids is 4. The first-order valence-corrected chi connectivity index (χ1v) is 18.9. The van der Waals surface area contributed by atoms with Crippen LogP contribution in [0.1, 0.15) is 93.4 Å². The molecule has 0 saturated carbocycles. The number of nitrogens with zero attached hydrogens (tertiary/aromatic N) is 3. The molecule has 1 N–H and O–H groups in total. The maximum Gasteiger partial charge on any atom is 0.226 e. The predicted octanol–water partition coefficient (Wildman–Crippen LogP) is 4.06. The molecule has 0 radical (unpaired) electrons. The van der Waals surface area contributed by atoms with Gasteiger partial charge in [-0.2, -0.15) is 0 Å². The van der Waals surface area contributed by atoms with Crippen molar-refractivity contribution < 1.29 is 33.4 Å². The van der Waals surface area contributed by atoms with Gasteiger partial charge in [0.25, 0.3) is 0 Å². The molecule has 2 aliphatic rings. The van der Waals surface area contributed by atoms with Crippen LogP contribution in [0.2, 0.25) is 0 Å². The molecule has 0 spiro atoms. The van der Waals surface area contributed by atoms with Crippen molar-refractivity contribution in [3.63, 3.8) is 0 Å². The predicted molar refractivity (Wildman–Crippen MR) is 193 cm³/mol. The molecule has 8 atom stereocenters. The fourth-order valence-corrected chi connectivity index (χ4v) is 7.95. The van der Waals surface area contributed by atoms with E-state index >= 15 is 0 Å². The molecule has 11 heteroatoms. The second-order valence-corrected chi connectivity index (χ2v) is 15.1. The first-order chi connectivity index (χ1) is 23.2. The van der Waals surface area contributed by atoms with E-state index in [2.05, 4.69) is 24.1 Å². The van der Waals surface area contributed by atoms with Crippen molar-refractivity contribution in [1.29, 1.82) is 0 Å². The van der Waals surface area contributed by atoms with Crippen LogP contribution in [0.4, 0.5) is 0 Å². The van der Waals surface area contributed by atoms with Crippen molar-refractivity contribution in [2.75, 3.05) is 67.7 Å². The average molecular weight is 695 g/mol. The topological polar surface area (TPSA) is 118 Å². The van der Waals surface area contributed by atoms with E-state index in [1.54, 1.807) is 33.2 Å². The van der Waals surface area contributed by atoms with Crippen LogP contribution >= 0.6 is 0 Å². The molecule has 2 rings (SSSR count). The standard InChI is InChI=1S/C38H70N4O7/c1-12-27(6)36(40(9)38(46)29(25(2)3)23-32(44)35(39-8)26(4)5)33(47-10)24-34(45)42-18-13-15-30(42)37(48-11)28(7)31(43)16-14-17-41-19-21-49-22-20-41/h25-30,33,35-37,39H,12-24H2,1-11H3/t27-,28-,29-,30-,33+,35-,36-,37+/m0/s1. The highest BCUT2D eigenvalue weighted by atomic mass is 16.5. The molecule has 284 valence electrons. The number of ketones is 2. The van der Waals surface area contributed by atoms with Crippen LogP contribution in [0.3, 0.4) is 0 Å². The Kier molecular flexibility index (Phi) is 18.9. The van der Waals surface area contributed by atoms with Gasteiger partial charge in [0.1, 0.15) is 5.78 Å². The highest BCUT2D eigenvalue weighted by molar-refractivity contribution is 5.90. The van der Waals surface area contributed by atoms with E-state index in [4.69, 9.17) is 14.2 Å². The Morgan fingerprint density at radius 3 is 2.10 bits per heavy atom. The van der Waals surface area contributed by atoms with Gasteiger partial charge in [-0.15, -0.1) is 0 Å². The number of morpholine rings is 1. The van der Waals surface area contributed by atoms with Gasteiger partial charge in [-0.25, -0.2) is 0 Å². The van der Waals surface area contributed by atoms with Gasteiger partial charge < -0.3 is 29.3 Å². The smallest absolute Gasteiger partial charge is 0.226 e. The van der Waals surface area contributed by atoms with Crippen LogP contribution in [0, 0.1) is 29.6 Å². The lowest BCUT2D eigenvalue weighted by atomic mass is 9.84. The summed E-state index contributed by atoms with van der Waals surface area (Å²) < 4.78 is 17.4. The van der Waals surface area contributed by atoms with Crippen molar-refractivity contribution in [2.45, 2.75) is 124 Å². The monoisotopic (exact) mass is 695 g/mol. The number of methoxy groups -OCH3 is 2. The number of rotatable bonds is 22. The summed E-state index contributed by atoms with van der Waals surface area (Å²) in [5.74, 6) is -0.641. The van der Waals surface area contributed by atoms with Crippen molar-refractivity contribution in [2.24, 2.45) is 29.6 Å². The van der Waals surface area contributed by atoms with Crippen LogP contribution < -0.4 is 5.32 Å². The third-order valence-corrected chi connectivity index (χ3v) is 11.2. The van der Waals surface area contributed by atoms with Crippen molar-refractivity contribution in [3.8, 4) is 0 Å². The number of hydrogen-bond acceptors (Lipinski definition) is 9. The van der Waals surface area contributed by atoms with Crippen LogP contribution in [0.5, 0.6) is 0 Å². The fourth-order valence-electron chi connectivity index (χ4n) is 7.95. The number of Topliss-reactive ketones (excluding diaryl/α,β-unsaturated/α-hetero) is 2. The van der Waals surface area contributed by atoms with Crippen LogP contribution in [0.15, 0.2) is 0 Å². The van der Waals surface area contributed by atoms with Crippen molar-refractivity contribution in [1.82, 2.24) is 20.0 Å². The third kappa shape index (κ3) is 12.1. The zero-order valence-electron chi connectivity index (χ0n) is 32.7.